The predicted molar refractivity (Wildman–Crippen MR) is 143 cm³/mol. The smallest absolute Gasteiger partial charge is 0.253 e. The van der Waals surface area contributed by atoms with Gasteiger partial charge in [-0.05, 0) is 83.5 Å². The van der Waals surface area contributed by atoms with Crippen LogP contribution in [0, 0.1) is 5.41 Å². The Morgan fingerprint density at radius 3 is 1.68 bits per heavy atom. The largest absolute Gasteiger partial charge is 0.504 e. The summed E-state index contributed by atoms with van der Waals surface area (Å²) in [6, 6.07) is 2.55. The van der Waals surface area contributed by atoms with Gasteiger partial charge in [0.05, 0.1) is 0 Å². The summed E-state index contributed by atoms with van der Waals surface area (Å²) >= 11 is 5.52. The maximum Gasteiger partial charge on any atom is 0.253 e. The molecule has 9 heteroatoms. The van der Waals surface area contributed by atoms with E-state index in [0.29, 0.717) is 11.1 Å². The molecule has 8 nitrogen and oxygen atoms in total. The zero-order chi connectivity index (χ0) is 28.2. The minimum Gasteiger partial charge on any atom is -0.504 e. The van der Waals surface area contributed by atoms with E-state index in [1.54, 1.807) is 13.8 Å². The van der Waals surface area contributed by atoms with Crippen molar-refractivity contribution in [3.05, 3.63) is 46.6 Å². The summed E-state index contributed by atoms with van der Waals surface area (Å²) in [7, 11) is 0. The number of carbonyl (C=O) groups is 4. The van der Waals surface area contributed by atoms with Gasteiger partial charge in [-0.3, -0.25) is 29.0 Å². The summed E-state index contributed by atoms with van der Waals surface area (Å²) < 4.78 is 0. The van der Waals surface area contributed by atoms with Gasteiger partial charge in [-0.1, -0.05) is 41.5 Å². The lowest BCUT2D eigenvalue weighted by molar-refractivity contribution is -0.147. The number of aromatic hydroxyl groups is 2. The second-order valence-electron chi connectivity index (χ2n) is 11.4. The molecule has 0 atom stereocenters. The highest BCUT2D eigenvalue weighted by Gasteiger charge is 2.62. The van der Waals surface area contributed by atoms with Crippen molar-refractivity contribution in [1.29, 1.82) is 0 Å². The van der Waals surface area contributed by atoms with Crippen molar-refractivity contribution in [1.82, 2.24) is 9.80 Å². The van der Waals surface area contributed by atoms with Gasteiger partial charge in [-0.15, -0.1) is 0 Å². The summed E-state index contributed by atoms with van der Waals surface area (Å²) in [5.74, 6) is -3.92. The van der Waals surface area contributed by atoms with E-state index in [9.17, 15) is 29.4 Å². The van der Waals surface area contributed by atoms with E-state index in [1.165, 1.54) is 28.0 Å². The van der Waals surface area contributed by atoms with E-state index in [2.05, 4.69) is 0 Å². The molecule has 2 N–H and O–H groups in total. The normalized spacial score (nSPS) is 18.9. The lowest BCUT2D eigenvalue weighted by atomic mass is 9.60. The summed E-state index contributed by atoms with van der Waals surface area (Å²) in [5.41, 5.74) is -2.65. The average Bonchev–Trinajstić information content (AvgIpc) is 2.77. The van der Waals surface area contributed by atoms with Gasteiger partial charge < -0.3 is 10.2 Å². The Bertz CT molecular complexity index is 1270. The fourth-order valence-electron chi connectivity index (χ4n) is 4.98. The van der Waals surface area contributed by atoms with E-state index in [0.717, 1.165) is 6.08 Å². The lowest BCUT2D eigenvalue weighted by Gasteiger charge is -2.49. The summed E-state index contributed by atoms with van der Waals surface area (Å²) in [4.78, 5) is 57.2. The minimum absolute atomic E-state index is 0.0380. The molecule has 2 aliphatic rings. The third kappa shape index (κ3) is 4.29. The number of ketones is 2. The van der Waals surface area contributed by atoms with Crippen LogP contribution in [0.25, 0.3) is 0 Å². The Morgan fingerprint density at radius 1 is 0.784 bits per heavy atom. The number of nitrogens with zero attached hydrogens (tertiary/aromatic N) is 2. The molecule has 0 unspecified atom stereocenters. The van der Waals surface area contributed by atoms with Gasteiger partial charge in [0, 0.05) is 13.1 Å². The average molecular weight is 527 g/mol. The maximum absolute atomic E-state index is 14.6. The molecule has 0 spiro atoms. The van der Waals surface area contributed by atoms with Gasteiger partial charge in [-0.2, -0.15) is 0 Å². The molecule has 0 bridgehead atoms. The van der Waals surface area contributed by atoms with E-state index in [-0.39, 0.29) is 29.3 Å². The molecule has 0 aromatic heterocycles. The van der Waals surface area contributed by atoms with Crippen LogP contribution in [-0.2, 0) is 30.0 Å². The standard InChI is InChI=1S/C28H34N2O6S/c1-9-29-23(35)28(24(36)30(10-2)25(29)37,17-13-21(33)19(31)11-15(17)26(3,4)5)18-14-22(34)20(32)12-16(18)27(6,7)8/h11-14,31,33H,9-10H2,1-8H3. The highest BCUT2D eigenvalue weighted by molar-refractivity contribution is 7.80. The molecule has 1 aromatic carbocycles. The number of carbonyl (C=O) groups excluding carboxylic acids is 4. The lowest BCUT2D eigenvalue weighted by Crippen LogP contribution is -2.68. The minimum atomic E-state index is -2.16. The fraction of sp³-hybridized carbons (Fsp3) is 0.464. The van der Waals surface area contributed by atoms with Crippen LogP contribution in [0.2, 0.25) is 0 Å². The second kappa shape index (κ2) is 9.20. The Balaban J connectivity index is 2.65. The Morgan fingerprint density at radius 2 is 1.24 bits per heavy atom. The van der Waals surface area contributed by atoms with Gasteiger partial charge in [0.1, 0.15) is 0 Å². The monoisotopic (exact) mass is 526 g/mol. The van der Waals surface area contributed by atoms with Crippen LogP contribution >= 0.6 is 12.2 Å². The number of hydrogen-bond donors (Lipinski definition) is 2. The molecule has 0 radical (unpaired) electrons. The molecule has 3 rings (SSSR count). The highest BCUT2D eigenvalue weighted by atomic mass is 32.1. The molecule has 2 amide bonds. The van der Waals surface area contributed by atoms with E-state index in [4.69, 9.17) is 12.2 Å². The molecular weight excluding hydrogens is 492 g/mol. The van der Waals surface area contributed by atoms with Crippen molar-refractivity contribution in [3.8, 4) is 11.5 Å². The number of likely N-dealkylation sites (N-methyl/N-ethyl adjacent to an activating group) is 2. The first-order valence-corrected chi connectivity index (χ1v) is 12.6. The molecule has 1 heterocycles. The molecule has 0 saturated carbocycles. The van der Waals surface area contributed by atoms with Crippen LogP contribution < -0.4 is 0 Å². The first-order chi connectivity index (χ1) is 16.9. The van der Waals surface area contributed by atoms with Crippen molar-refractivity contribution in [2.75, 3.05) is 13.1 Å². The van der Waals surface area contributed by atoms with Gasteiger partial charge in [0.2, 0.25) is 11.6 Å². The van der Waals surface area contributed by atoms with Gasteiger partial charge in [-0.25, -0.2) is 0 Å². The van der Waals surface area contributed by atoms with Crippen LogP contribution in [0.4, 0.5) is 0 Å². The van der Waals surface area contributed by atoms with Crippen molar-refractivity contribution >= 4 is 40.7 Å². The fourth-order valence-corrected chi connectivity index (χ4v) is 5.40. The summed E-state index contributed by atoms with van der Waals surface area (Å²) in [6.45, 7) is 14.7. The second-order valence-corrected chi connectivity index (χ2v) is 11.7. The van der Waals surface area contributed by atoms with Crippen molar-refractivity contribution < 1.29 is 29.4 Å². The topological polar surface area (TPSA) is 115 Å². The predicted octanol–water partition coefficient (Wildman–Crippen LogP) is 3.68. The third-order valence-corrected chi connectivity index (χ3v) is 7.29. The van der Waals surface area contributed by atoms with Crippen molar-refractivity contribution in [2.45, 2.75) is 66.2 Å². The zero-order valence-corrected chi connectivity index (χ0v) is 23.4. The zero-order valence-electron chi connectivity index (χ0n) is 22.6. The van der Waals surface area contributed by atoms with Crippen molar-refractivity contribution in [3.63, 3.8) is 0 Å². The van der Waals surface area contributed by atoms with Crippen LogP contribution in [-0.4, -0.2) is 61.6 Å². The molecule has 1 saturated heterocycles. The van der Waals surface area contributed by atoms with Crippen LogP contribution in [0.3, 0.4) is 0 Å². The third-order valence-electron chi connectivity index (χ3n) is 6.85. The van der Waals surface area contributed by atoms with Crippen LogP contribution in [0.1, 0.15) is 66.5 Å². The number of allylic oxidation sites excluding steroid dienone is 3. The van der Waals surface area contributed by atoms with Crippen molar-refractivity contribution in [2.24, 2.45) is 5.41 Å². The summed E-state index contributed by atoms with van der Waals surface area (Å²) in [6.07, 6.45) is 2.27. The molecule has 1 aliphatic heterocycles. The van der Waals surface area contributed by atoms with Crippen LogP contribution in [0.5, 0.6) is 11.5 Å². The van der Waals surface area contributed by atoms with E-state index < -0.39 is 51.1 Å². The molecule has 198 valence electrons. The number of amides is 2. The quantitative estimate of drug-likeness (QED) is 0.202. The number of thiocarbonyl (C=S) groups is 1. The maximum atomic E-state index is 14.6. The van der Waals surface area contributed by atoms with E-state index >= 15 is 0 Å². The molecule has 1 fully saturated rings. The molecular formula is C28H34N2O6S. The summed E-state index contributed by atoms with van der Waals surface area (Å²) in [5, 5.41) is 21.1. The molecule has 1 aliphatic carbocycles. The number of phenols is 2. The molecule has 37 heavy (non-hydrogen) atoms. The highest BCUT2D eigenvalue weighted by Crippen LogP contribution is 2.52. The van der Waals surface area contributed by atoms with Crippen LogP contribution in [0.15, 0.2) is 35.4 Å². The van der Waals surface area contributed by atoms with E-state index in [1.807, 2.05) is 41.5 Å². The Labute approximate surface area is 222 Å². The SMILES string of the molecule is CCN1C(=O)C(C2=CC(=O)C(=O)C=C2C(C)(C)C)(c2cc(O)c(O)cc2C(C)(C)C)C(=O)N(CC)C1=S. The first-order valence-electron chi connectivity index (χ1n) is 12.2. The van der Waals surface area contributed by atoms with Gasteiger partial charge >= 0.3 is 0 Å². The van der Waals surface area contributed by atoms with Gasteiger partial charge in [0.25, 0.3) is 11.8 Å². The first kappa shape index (κ1) is 28.2. The molecule has 1 aromatic rings. The van der Waals surface area contributed by atoms with Gasteiger partial charge in [0.15, 0.2) is 22.0 Å². The Kier molecular flexibility index (Phi) is 7.03. The number of phenolic OH excluding ortho intramolecular Hbond substituents is 2. The number of rotatable bonds is 4. The number of benzene rings is 1. The number of hydrogen-bond acceptors (Lipinski definition) is 7. The Hall–Kier alpha value is -3.33.